The number of methoxy groups -OCH3 is 1. The molecule has 5 heteroatoms. The van der Waals surface area contributed by atoms with Crippen molar-refractivity contribution >= 4 is 11.9 Å². The molecule has 1 aromatic rings. The highest BCUT2D eigenvalue weighted by Gasteiger charge is 2.57. The van der Waals surface area contributed by atoms with Crippen molar-refractivity contribution in [2.24, 2.45) is 17.3 Å². The number of ether oxygens (including phenoxy) is 1. The number of piperidine rings is 1. The maximum absolute atomic E-state index is 12.5. The molecule has 1 heterocycles. The zero-order valence-corrected chi connectivity index (χ0v) is 15.1. The zero-order valence-electron chi connectivity index (χ0n) is 15.1. The number of amides is 1. The number of benzene rings is 1. The summed E-state index contributed by atoms with van der Waals surface area (Å²) >= 11 is 0. The quantitative estimate of drug-likeness (QED) is 0.773. The first-order chi connectivity index (χ1) is 12.0. The number of hydrogen-bond donors (Lipinski definition) is 2. The monoisotopic (exact) mass is 344 g/mol. The lowest BCUT2D eigenvalue weighted by Crippen LogP contribution is -2.38. The van der Waals surface area contributed by atoms with Crippen molar-refractivity contribution in [3.63, 3.8) is 0 Å². The van der Waals surface area contributed by atoms with Gasteiger partial charge in [0.05, 0.1) is 13.0 Å². The molecular formula is C20H28N2O3. The lowest BCUT2D eigenvalue weighted by atomic mass is 9.91. The van der Waals surface area contributed by atoms with E-state index in [1.807, 2.05) is 25.1 Å². The molecule has 25 heavy (non-hydrogen) atoms. The van der Waals surface area contributed by atoms with E-state index in [1.165, 1.54) is 7.11 Å². The molecular weight excluding hydrogens is 316 g/mol. The smallest absolute Gasteiger partial charge is 0.310 e. The summed E-state index contributed by atoms with van der Waals surface area (Å²) in [5, 5.41) is 6.36. The van der Waals surface area contributed by atoms with E-state index in [0.717, 1.165) is 43.5 Å². The highest BCUT2D eigenvalue weighted by Crippen LogP contribution is 2.58. The van der Waals surface area contributed by atoms with E-state index in [0.29, 0.717) is 13.0 Å². The van der Waals surface area contributed by atoms with Crippen LogP contribution in [0.2, 0.25) is 0 Å². The van der Waals surface area contributed by atoms with E-state index in [9.17, 15) is 9.59 Å². The number of carbonyl (C=O) groups excluding carboxylic acids is 2. The van der Waals surface area contributed by atoms with Gasteiger partial charge in [-0.3, -0.25) is 9.59 Å². The largest absolute Gasteiger partial charge is 0.469 e. The van der Waals surface area contributed by atoms with Gasteiger partial charge in [0.2, 0.25) is 5.91 Å². The van der Waals surface area contributed by atoms with Crippen LogP contribution in [0, 0.1) is 24.2 Å². The van der Waals surface area contributed by atoms with Crippen LogP contribution in [0.1, 0.15) is 30.4 Å². The SMILES string of the molecule is COC(=O)C(CNC(=O)C1CC12CCNCC2)Cc1cccc(C)c1. The Labute approximate surface area is 149 Å². The van der Waals surface area contributed by atoms with Gasteiger partial charge in [-0.2, -0.15) is 0 Å². The van der Waals surface area contributed by atoms with Crippen LogP contribution >= 0.6 is 0 Å². The van der Waals surface area contributed by atoms with Crippen LogP contribution < -0.4 is 10.6 Å². The van der Waals surface area contributed by atoms with Gasteiger partial charge in [-0.05, 0) is 56.7 Å². The summed E-state index contributed by atoms with van der Waals surface area (Å²) in [7, 11) is 1.40. The molecule has 2 atom stereocenters. The predicted molar refractivity (Wildman–Crippen MR) is 96.0 cm³/mol. The molecule has 2 N–H and O–H groups in total. The highest BCUT2D eigenvalue weighted by molar-refractivity contribution is 5.83. The summed E-state index contributed by atoms with van der Waals surface area (Å²) in [6.07, 6.45) is 3.72. The number of rotatable bonds is 6. The Morgan fingerprint density at radius 2 is 2.12 bits per heavy atom. The minimum absolute atomic E-state index is 0.0973. The van der Waals surface area contributed by atoms with Crippen LogP contribution in [-0.2, 0) is 20.7 Å². The average molecular weight is 344 g/mol. The van der Waals surface area contributed by atoms with E-state index in [1.54, 1.807) is 0 Å². The summed E-state index contributed by atoms with van der Waals surface area (Å²) in [5.74, 6) is -0.403. The molecule has 1 saturated carbocycles. The number of hydrogen-bond acceptors (Lipinski definition) is 4. The van der Waals surface area contributed by atoms with Crippen molar-refractivity contribution in [3.05, 3.63) is 35.4 Å². The minimum atomic E-state index is -0.349. The Kier molecular flexibility index (Phi) is 5.42. The zero-order chi connectivity index (χ0) is 17.9. The Morgan fingerprint density at radius 1 is 1.36 bits per heavy atom. The van der Waals surface area contributed by atoms with Crippen LogP contribution in [0.25, 0.3) is 0 Å². The molecule has 3 rings (SSSR count). The third-order valence-corrected chi connectivity index (χ3v) is 5.73. The second-order valence-electron chi connectivity index (χ2n) is 7.53. The van der Waals surface area contributed by atoms with Crippen LogP contribution in [0.5, 0.6) is 0 Å². The maximum Gasteiger partial charge on any atom is 0.310 e. The van der Waals surface area contributed by atoms with E-state index < -0.39 is 0 Å². The van der Waals surface area contributed by atoms with Crippen LogP contribution in [-0.4, -0.2) is 38.6 Å². The molecule has 5 nitrogen and oxygen atoms in total. The molecule has 2 aliphatic rings. The first kappa shape index (κ1) is 17.9. The summed E-state index contributed by atoms with van der Waals surface area (Å²) in [5.41, 5.74) is 2.47. The molecule has 1 aromatic carbocycles. The summed E-state index contributed by atoms with van der Waals surface area (Å²) in [6, 6.07) is 8.10. The van der Waals surface area contributed by atoms with E-state index in [-0.39, 0.29) is 29.1 Å². The van der Waals surface area contributed by atoms with Crippen LogP contribution in [0.3, 0.4) is 0 Å². The summed E-state index contributed by atoms with van der Waals surface area (Å²) in [4.78, 5) is 24.6. The van der Waals surface area contributed by atoms with Gasteiger partial charge in [0.25, 0.3) is 0 Å². The Morgan fingerprint density at radius 3 is 2.80 bits per heavy atom. The van der Waals surface area contributed by atoms with Crippen molar-refractivity contribution < 1.29 is 14.3 Å². The molecule has 0 bridgehead atoms. The molecule has 2 unspecified atom stereocenters. The van der Waals surface area contributed by atoms with E-state index in [4.69, 9.17) is 4.74 Å². The topological polar surface area (TPSA) is 67.4 Å². The molecule has 2 fully saturated rings. The Hall–Kier alpha value is -1.88. The fourth-order valence-corrected chi connectivity index (χ4v) is 4.07. The van der Waals surface area contributed by atoms with E-state index >= 15 is 0 Å². The molecule has 1 aliphatic carbocycles. The minimum Gasteiger partial charge on any atom is -0.469 e. The van der Waals surface area contributed by atoms with Gasteiger partial charge in [0.1, 0.15) is 0 Å². The van der Waals surface area contributed by atoms with Crippen molar-refractivity contribution in [2.75, 3.05) is 26.7 Å². The first-order valence-electron chi connectivity index (χ1n) is 9.16. The third-order valence-electron chi connectivity index (χ3n) is 5.73. The lowest BCUT2D eigenvalue weighted by Gasteiger charge is -2.23. The molecule has 1 spiro atoms. The predicted octanol–water partition coefficient (Wildman–Crippen LogP) is 1.83. The molecule has 1 amide bonds. The lowest BCUT2D eigenvalue weighted by molar-refractivity contribution is -0.145. The van der Waals surface area contributed by atoms with Crippen molar-refractivity contribution in [1.82, 2.24) is 10.6 Å². The molecule has 0 aromatic heterocycles. The fourth-order valence-electron chi connectivity index (χ4n) is 4.07. The standard InChI is InChI=1S/C20H28N2O3/c1-14-4-3-5-15(10-14)11-16(19(24)25-2)13-22-18(23)17-12-20(17)6-8-21-9-7-20/h3-5,10,16-17,21H,6-9,11-13H2,1-2H3,(H,22,23). The number of nitrogens with one attached hydrogen (secondary N) is 2. The van der Waals surface area contributed by atoms with Crippen molar-refractivity contribution in [3.8, 4) is 0 Å². The Bertz CT molecular complexity index is 638. The van der Waals surface area contributed by atoms with Crippen molar-refractivity contribution in [1.29, 1.82) is 0 Å². The molecule has 1 saturated heterocycles. The second-order valence-corrected chi connectivity index (χ2v) is 7.53. The first-order valence-corrected chi connectivity index (χ1v) is 9.16. The Balaban J connectivity index is 1.56. The van der Waals surface area contributed by atoms with Gasteiger partial charge in [-0.1, -0.05) is 29.8 Å². The maximum atomic E-state index is 12.5. The summed E-state index contributed by atoms with van der Waals surface area (Å²) < 4.78 is 4.93. The molecule has 136 valence electrons. The third kappa shape index (κ3) is 4.21. The van der Waals surface area contributed by atoms with Crippen LogP contribution in [0.15, 0.2) is 24.3 Å². The van der Waals surface area contributed by atoms with Crippen LogP contribution in [0.4, 0.5) is 0 Å². The van der Waals surface area contributed by atoms with E-state index in [2.05, 4.69) is 16.7 Å². The van der Waals surface area contributed by atoms with Gasteiger partial charge < -0.3 is 15.4 Å². The van der Waals surface area contributed by atoms with Gasteiger partial charge in [0.15, 0.2) is 0 Å². The highest BCUT2D eigenvalue weighted by atomic mass is 16.5. The fraction of sp³-hybridized carbons (Fsp3) is 0.600. The summed E-state index contributed by atoms with van der Waals surface area (Å²) in [6.45, 7) is 4.37. The van der Waals surface area contributed by atoms with Crippen molar-refractivity contribution in [2.45, 2.75) is 32.6 Å². The number of aryl methyl sites for hydroxylation is 1. The van der Waals surface area contributed by atoms with Gasteiger partial charge in [-0.15, -0.1) is 0 Å². The molecule has 1 aliphatic heterocycles. The number of esters is 1. The number of carbonyl (C=O) groups is 2. The van der Waals surface area contributed by atoms with Gasteiger partial charge in [-0.25, -0.2) is 0 Å². The molecule has 0 radical (unpaired) electrons. The van der Waals surface area contributed by atoms with Gasteiger partial charge in [0, 0.05) is 12.5 Å². The normalized spacial score (nSPS) is 22.2. The second kappa shape index (κ2) is 7.56. The van der Waals surface area contributed by atoms with Gasteiger partial charge >= 0.3 is 5.97 Å². The average Bonchev–Trinajstić information content (AvgIpc) is 3.31.